The molecule has 2 rings (SSSR count). The summed E-state index contributed by atoms with van der Waals surface area (Å²) in [5.41, 5.74) is 4.41. The number of unbranched alkanes of at least 4 members (excludes halogenated alkanes) is 1. The summed E-state index contributed by atoms with van der Waals surface area (Å²) in [6, 6.07) is 6.90. The molecule has 0 aliphatic carbocycles. The molecule has 2 heteroatoms. The summed E-state index contributed by atoms with van der Waals surface area (Å²) in [7, 11) is 2.03. The highest BCUT2D eigenvalue weighted by atomic mass is 15.1. The van der Waals surface area contributed by atoms with Crippen molar-refractivity contribution in [1.82, 2.24) is 5.32 Å². The Hall–Kier alpha value is -1.02. The molecule has 17 heavy (non-hydrogen) atoms. The van der Waals surface area contributed by atoms with Crippen LogP contribution in [0.2, 0.25) is 0 Å². The molecule has 0 unspecified atom stereocenters. The third-order valence-electron chi connectivity index (χ3n) is 3.55. The van der Waals surface area contributed by atoms with E-state index in [0.717, 1.165) is 6.54 Å². The molecule has 0 saturated carbocycles. The normalized spacial score (nSPS) is 14.8. The highest BCUT2D eigenvalue weighted by Gasteiger charge is 2.15. The summed E-state index contributed by atoms with van der Waals surface area (Å²) in [5, 5.41) is 3.21. The van der Waals surface area contributed by atoms with Gasteiger partial charge < -0.3 is 10.2 Å². The standard InChI is InChI=1S/C15H24N2/c1-13-7-8-15-14(12-13)6-5-11-17(15)10-4-3-9-16-2/h7-8,12,16H,3-6,9-11H2,1-2H3. The first-order chi connectivity index (χ1) is 8.31. The second-order valence-corrected chi connectivity index (χ2v) is 5.03. The van der Waals surface area contributed by atoms with Crippen LogP contribution < -0.4 is 10.2 Å². The maximum Gasteiger partial charge on any atom is 0.0398 e. The van der Waals surface area contributed by atoms with Gasteiger partial charge in [0.05, 0.1) is 0 Å². The van der Waals surface area contributed by atoms with Crippen LogP contribution in [0.3, 0.4) is 0 Å². The predicted octanol–water partition coefficient (Wildman–Crippen LogP) is 2.75. The zero-order valence-electron chi connectivity index (χ0n) is 11.1. The van der Waals surface area contributed by atoms with Crippen LogP contribution in [0.1, 0.15) is 30.4 Å². The van der Waals surface area contributed by atoms with Crippen LogP contribution in [0, 0.1) is 6.92 Å². The summed E-state index contributed by atoms with van der Waals surface area (Å²) < 4.78 is 0. The molecule has 0 saturated heterocycles. The molecule has 0 fully saturated rings. The number of anilines is 1. The zero-order chi connectivity index (χ0) is 12.1. The lowest BCUT2D eigenvalue weighted by molar-refractivity contribution is 0.626. The van der Waals surface area contributed by atoms with Crippen molar-refractivity contribution < 1.29 is 0 Å². The average Bonchev–Trinajstić information content (AvgIpc) is 2.34. The number of hydrogen-bond acceptors (Lipinski definition) is 2. The molecule has 1 aromatic rings. The minimum atomic E-state index is 1.13. The molecule has 2 nitrogen and oxygen atoms in total. The van der Waals surface area contributed by atoms with Crippen molar-refractivity contribution in [3.05, 3.63) is 29.3 Å². The topological polar surface area (TPSA) is 15.3 Å². The number of fused-ring (bicyclic) bond motifs is 1. The van der Waals surface area contributed by atoms with Gasteiger partial charge in [0.2, 0.25) is 0 Å². The van der Waals surface area contributed by atoms with Gasteiger partial charge in [0.25, 0.3) is 0 Å². The Morgan fingerprint density at radius 3 is 3.00 bits per heavy atom. The Labute approximate surface area is 105 Å². The number of benzene rings is 1. The van der Waals surface area contributed by atoms with E-state index >= 15 is 0 Å². The smallest absolute Gasteiger partial charge is 0.0398 e. The van der Waals surface area contributed by atoms with Crippen molar-refractivity contribution in [3.8, 4) is 0 Å². The number of hydrogen-bond donors (Lipinski definition) is 1. The molecule has 1 aliphatic heterocycles. The third kappa shape index (κ3) is 3.22. The monoisotopic (exact) mass is 232 g/mol. The van der Waals surface area contributed by atoms with E-state index in [9.17, 15) is 0 Å². The van der Waals surface area contributed by atoms with E-state index in [1.165, 1.54) is 50.0 Å². The SMILES string of the molecule is CNCCCCN1CCCc2cc(C)ccc21. The zero-order valence-corrected chi connectivity index (χ0v) is 11.1. The first kappa shape index (κ1) is 12.4. The maximum atomic E-state index is 3.21. The van der Waals surface area contributed by atoms with Crippen LogP contribution in [0.4, 0.5) is 5.69 Å². The van der Waals surface area contributed by atoms with Gasteiger partial charge in [-0.3, -0.25) is 0 Å². The van der Waals surface area contributed by atoms with Gasteiger partial charge in [0, 0.05) is 18.8 Å². The van der Waals surface area contributed by atoms with Crippen LogP contribution >= 0.6 is 0 Å². The van der Waals surface area contributed by atoms with E-state index < -0.39 is 0 Å². The largest absolute Gasteiger partial charge is 0.371 e. The summed E-state index contributed by atoms with van der Waals surface area (Å²) in [4.78, 5) is 2.56. The van der Waals surface area contributed by atoms with E-state index in [-0.39, 0.29) is 0 Å². The molecule has 94 valence electrons. The second kappa shape index (κ2) is 6.06. The van der Waals surface area contributed by atoms with Crippen LogP contribution in [-0.4, -0.2) is 26.7 Å². The highest BCUT2D eigenvalue weighted by molar-refractivity contribution is 5.56. The molecular formula is C15H24N2. The summed E-state index contributed by atoms with van der Waals surface area (Å²) in [5.74, 6) is 0. The fourth-order valence-corrected chi connectivity index (χ4v) is 2.64. The first-order valence-corrected chi connectivity index (χ1v) is 6.80. The second-order valence-electron chi connectivity index (χ2n) is 5.03. The van der Waals surface area contributed by atoms with Gasteiger partial charge in [-0.25, -0.2) is 0 Å². The molecule has 1 heterocycles. The Morgan fingerprint density at radius 1 is 1.29 bits per heavy atom. The van der Waals surface area contributed by atoms with Crippen LogP contribution in [0.25, 0.3) is 0 Å². The minimum absolute atomic E-state index is 1.13. The van der Waals surface area contributed by atoms with Gasteiger partial charge in [-0.2, -0.15) is 0 Å². The fourth-order valence-electron chi connectivity index (χ4n) is 2.64. The maximum absolute atomic E-state index is 3.21. The van der Waals surface area contributed by atoms with E-state index in [1.54, 1.807) is 5.56 Å². The Balaban J connectivity index is 1.97. The lowest BCUT2D eigenvalue weighted by Gasteiger charge is -2.31. The van der Waals surface area contributed by atoms with Gasteiger partial charge in [-0.05, 0) is 57.8 Å². The van der Waals surface area contributed by atoms with Crippen LogP contribution in [0.5, 0.6) is 0 Å². The lowest BCUT2D eigenvalue weighted by atomic mass is 9.99. The number of nitrogens with one attached hydrogen (secondary N) is 1. The van der Waals surface area contributed by atoms with Gasteiger partial charge in [-0.1, -0.05) is 17.7 Å². The van der Waals surface area contributed by atoms with Crippen molar-refractivity contribution in [3.63, 3.8) is 0 Å². The molecular weight excluding hydrogens is 208 g/mol. The van der Waals surface area contributed by atoms with Crippen molar-refractivity contribution in [1.29, 1.82) is 0 Å². The highest BCUT2D eigenvalue weighted by Crippen LogP contribution is 2.27. The van der Waals surface area contributed by atoms with Gasteiger partial charge >= 0.3 is 0 Å². The minimum Gasteiger partial charge on any atom is -0.371 e. The molecule has 1 N–H and O–H groups in total. The Bertz CT molecular complexity index is 360. The van der Waals surface area contributed by atoms with Gasteiger partial charge in [0.15, 0.2) is 0 Å². The quantitative estimate of drug-likeness (QED) is 0.785. The first-order valence-electron chi connectivity index (χ1n) is 6.80. The Morgan fingerprint density at radius 2 is 2.18 bits per heavy atom. The predicted molar refractivity (Wildman–Crippen MR) is 74.9 cm³/mol. The van der Waals surface area contributed by atoms with Crippen molar-refractivity contribution >= 4 is 5.69 Å². The summed E-state index contributed by atoms with van der Waals surface area (Å²) in [6.07, 6.45) is 5.12. The lowest BCUT2D eigenvalue weighted by Crippen LogP contribution is -2.30. The van der Waals surface area contributed by atoms with Crippen molar-refractivity contribution in [2.24, 2.45) is 0 Å². The van der Waals surface area contributed by atoms with Gasteiger partial charge in [-0.15, -0.1) is 0 Å². The third-order valence-corrected chi connectivity index (χ3v) is 3.55. The molecule has 0 spiro atoms. The summed E-state index contributed by atoms with van der Waals surface area (Å²) in [6.45, 7) is 5.76. The van der Waals surface area contributed by atoms with Crippen molar-refractivity contribution in [2.75, 3.05) is 31.6 Å². The Kier molecular flexibility index (Phi) is 4.43. The molecule has 1 aliphatic rings. The van der Waals surface area contributed by atoms with Crippen LogP contribution in [0.15, 0.2) is 18.2 Å². The molecule has 0 radical (unpaired) electrons. The molecule has 0 aromatic heterocycles. The van der Waals surface area contributed by atoms with Gasteiger partial charge in [0.1, 0.15) is 0 Å². The number of aryl methyl sites for hydroxylation is 2. The van der Waals surface area contributed by atoms with E-state index in [4.69, 9.17) is 0 Å². The molecule has 0 atom stereocenters. The van der Waals surface area contributed by atoms with E-state index in [2.05, 4.69) is 35.3 Å². The van der Waals surface area contributed by atoms with E-state index in [0.29, 0.717) is 0 Å². The van der Waals surface area contributed by atoms with Crippen molar-refractivity contribution in [2.45, 2.75) is 32.6 Å². The number of rotatable bonds is 5. The molecule has 1 aromatic carbocycles. The molecule has 0 amide bonds. The average molecular weight is 232 g/mol. The molecule has 0 bridgehead atoms. The number of nitrogens with zero attached hydrogens (tertiary/aromatic N) is 1. The summed E-state index contributed by atoms with van der Waals surface area (Å²) >= 11 is 0. The van der Waals surface area contributed by atoms with Crippen LogP contribution in [-0.2, 0) is 6.42 Å². The van der Waals surface area contributed by atoms with E-state index in [1.807, 2.05) is 7.05 Å². The fraction of sp³-hybridized carbons (Fsp3) is 0.600.